The van der Waals surface area contributed by atoms with Crippen molar-refractivity contribution in [3.63, 3.8) is 0 Å². The second-order valence-corrected chi connectivity index (χ2v) is 30.9. The van der Waals surface area contributed by atoms with Gasteiger partial charge in [-0.3, -0.25) is 0 Å². The van der Waals surface area contributed by atoms with E-state index in [2.05, 4.69) is 184 Å². The third kappa shape index (κ3) is 9.37. The molecule has 0 aliphatic carbocycles. The Bertz CT molecular complexity index is 1820. The molecule has 292 valence electrons. The summed E-state index contributed by atoms with van der Waals surface area (Å²) in [6, 6.07) is 26.0. The van der Waals surface area contributed by atoms with Crippen LogP contribution >= 0.6 is 0 Å². The highest BCUT2D eigenvalue weighted by atomic mass is 28.4. The Labute approximate surface area is 331 Å². The molecule has 5 nitrogen and oxygen atoms in total. The van der Waals surface area contributed by atoms with Gasteiger partial charge in [-0.15, -0.1) is 0 Å². The van der Waals surface area contributed by atoms with Gasteiger partial charge in [0.2, 0.25) is 0 Å². The molecule has 0 aromatic heterocycles. The van der Waals surface area contributed by atoms with Gasteiger partial charge in [-0.25, -0.2) is 0 Å². The molecule has 8 heteroatoms. The molecular formula is C46H66O5Si3. The Morgan fingerprint density at radius 3 is 0.981 bits per heavy atom. The highest BCUT2D eigenvalue weighted by Crippen LogP contribution is 2.54. The molecule has 0 saturated heterocycles. The van der Waals surface area contributed by atoms with Crippen LogP contribution in [0.3, 0.4) is 0 Å². The second-order valence-electron chi connectivity index (χ2n) is 19.9. The van der Waals surface area contributed by atoms with Crippen molar-refractivity contribution in [3.05, 3.63) is 117 Å². The Balaban J connectivity index is 0.000000208. The number of aryl methyl sites for hydroxylation is 4. The van der Waals surface area contributed by atoms with Crippen LogP contribution in [-0.4, -0.2) is 27.1 Å². The molecule has 2 heterocycles. The van der Waals surface area contributed by atoms with Crippen LogP contribution in [0.1, 0.15) is 128 Å². The van der Waals surface area contributed by atoms with Gasteiger partial charge in [0.05, 0.1) is 0 Å². The first-order valence-electron chi connectivity index (χ1n) is 19.6. The molecule has 54 heavy (non-hydrogen) atoms. The molecule has 2 atom stereocenters. The zero-order chi connectivity index (χ0) is 40.0. The van der Waals surface area contributed by atoms with Gasteiger partial charge in [-0.2, -0.15) is 0 Å². The van der Waals surface area contributed by atoms with Gasteiger partial charge >= 0.3 is 27.1 Å². The quantitative estimate of drug-likeness (QED) is 0.166. The van der Waals surface area contributed by atoms with E-state index in [1.54, 1.807) is 0 Å². The first kappa shape index (κ1) is 41.8. The highest BCUT2D eigenvalue weighted by molar-refractivity contribution is 6.74. The first-order chi connectivity index (χ1) is 24.9. The predicted octanol–water partition coefficient (Wildman–Crippen LogP) is 12.4. The van der Waals surface area contributed by atoms with Crippen molar-refractivity contribution in [2.45, 2.75) is 144 Å². The Kier molecular flexibility index (Phi) is 11.9. The van der Waals surface area contributed by atoms with E-state index in [1.807, 2.05) is 0 Å². The molecule has 2 aliphatic rings. The molecule has 4 aromatic rings. The van der Waals surface area contributed by atoms with Crippen molar-refractivity contribution in [1.82, 2.24) is 0 Å². The fraction of sp³-hybridized carbons (Fsp3) is 0.478. The van der Waals surface area contributed by atoms with E-state index >= 15 is 0 Å². The van der Waals surface area contributed by atoms with E-state index in [0.29, 0.717) is 0 Å². The first-order valence-corrected chi connectivity index (χ1v) is 24.5. The van der Waals surface area contributed by atoms with Gasteiger partial charge in [0.25, 0.3) is 0 Å². The summed E-state index contributed by atoms with van der Waals surface area (Å²) in [7, 11) is -6.78. The molecule has 0 fully saturated rings. The number of rotatable bonds is 0. The summed E-state index contributed by atoms with van der Waals surface area (Å²) >= 11 is 0. The van der Waals surface area contributed by atoms with Crippen molar-refractivity contribution < 1.29 is 21.8 Å². The molecule has 2 unspecified atom stereocenters. The minimum Gasteiger partial charge on any atom is -0.522 e. The largest absolute Gasteiger partial charge is 0.522 e. The van der Waals surface area contributed by atoms with Crippen molar-refractivity contribution in [3.8, 4) is 23.0 Å². The van der Waals surface area contributed by atoms with Crippen LogP contribution in [0.2, 0.25) is 20.2 Å². The minimum atomic E-state index is -2.71. The number of fused-ring (bicyclic) bond motifs is 4. The molecule has 2 aliphatic heterocycles. The topological polar surface area (TPSA) is 46.2 Å². The van der Waals surface area contributed by atoms with Crippen LogP contribution in [0.5, 0.6) is 23.0 Å². The van der Waals surface area contributed by atoms with Crippen molar-refractivity contribution in [1.29, 1.82) is 0 Å². The van der Waals surface area contributed by atoms with Crippen molar-refractivity contribution in [2.75, 3.05) is 0 Å². The molecular weight excluding hydrogens is 717 g/mol. The normalized spacial score (nSPS) is 18.5. The molecule has 0 radical (unpaired) electrons. The number of hydrogen-bond donors (Lipinski definition) is 0. The average molecular weight is 783 g/mol. The van der Waals surface area contributed by atoms with Gasteiger partial charge in [0, 0.05) is 33.0 Å². The predicted molar refractivity (Wildman–Crippen MR) is 233 cm³/mol. The zero-order valence-electron chi connectivity index (χ0n) is 36.0. The van der Waals surface area contributed by atoms with Crippen LogP contribution in [-0.2, 0) is 17.0 Å². The fourth-order valence-corrected chi connectivity index (χ4v) is 18.2. The minimum absolute atomic E-state index is 0.0304. The van der Waals surface area contributed by atoms with E-state index < -0.39 is 27.1 Å². The standard InChI is InChI=1S/C23H34O3Si2.C23H32O2Si/c1-16-9-11-20-18(13-16)15-19-14-17(2)10-12-21(19)25-28(23(6,7)8)26-27(24-20)22(3,4)5;1-16-9-11-20-18(13-16)15-19-14-17(2)10-12-21(19)25-26(24-20,22(3,4)5)23(6,7)8/h9-14,27-28H,15H2,1-8H3;9-14H,15H2,1-8H3. The summed E-state index contributed by atoms with van der Waals surface area (Å²) in [4.78, 5) is 0. The Morgan fingerprint density at radius 2 is 0.704 bits per heavy atom. The average Bonchev–Trinajstić information content (AvgIpc) is 3.01. The molecule has 0 spiro atoms. The SMILES string of the molecule is Cc1ccc2c(c1)Cc1cc(C)ccc1O[SiH](C(C)(C)C)O[SiH](C(C)(C)C)O2.Cc1ccc2c(c1)Cc1cc(C)ccc1O[Si](C(C)(C)C)(C(C)(C)C)O2. The number of benzene rings is 4. The van der Waals surface area contributed by atoms with E-state index in [1.165, 1.54) is 44.5 Å². The molecule has 0 bridgehead atoms. The summed E-state index contributed by atoms with van der Waals surface area (Å²) in [6.07, 6.45) is 1.65. The van der Waals surface area contributed by atoms with Crippen LogP contribution in [0.25, 0.3) is 0 Å². The third-order valence-corrected chi connectivity index (χ3v) is 20.9. The molecule has 0 amide bonds. The highest BCUT2D eigenvalue weighted by Gasteiger charge is 2.63. The van der Waals surface area contributed by atoms with Gasteiger partial charge in [0.15, 0.2) is 0 Å². The lowest BCUT2D eigenvalue weighted by atomic mass is 10.00. The molecule has 4 aromatic carbocycles. The van der Waals surface area contributed by atoms with Gasteiger partial charge in [-0.05, 0) is 74.2 Å². The van der Waals surface area contributed by atoms with Crippen LogP contribution in [0.4, 0.5) is 0 Å². The maximum atomic E-state index is 6.91. The second kappa shape index (κ2) is 15.3. The summed E-state index contributed by atoms with van der Waals surface area (Å²) in [5, 5.41) is -0.242. The van der Waals surface area contributed by atoms with Crippen molar-refractivity contribution >= 4 is 27.1 Å². The lowest BCUT2D eigenvalue weighted by Gasteiger charge is -2.49. The Morgan fingerprint density at radius 1 is 0.426 bits per heavy atom. The molecule has 6 rings (SSSR count). The van der Waals surface area contributed by atoms with Crippen LogP contribution in [0.15, 0.2) is 72.8 Å². The van der Waals surface area contributed by atoms with Gasteiger partial charge in [-0.1, -0.05) is 154 Å². The lowest BCUT2D eigenvalue weighted by Crippen LogP contribution is -2.62. The third-order valence-electron chi connectivity index (χ3n) is 10.2. The summed E-state index contributed by atoms with van der Waals surface area (Å²) in [6.45, 7) is 35.4. The fourth-order valence-electron chi connectivity index (χ4n) is 7.45. The van der Waals surface area contributed by atoms with E-state index in [9.17, 15) is 0 Å². The summed E-state index contributed by atoms with van der Waals surface area (Å²) in [5.74, 6) is 3.90. The van der Waals surface area contributed by atoms with Crippen molar-refractivity contribution in [2.24, 2.45) is 0 Å². The number of hydrogen-bond acceptors (Lipinski definition) is 5. The van der Waals surface area contributed by atoms with Crippen LogP contribution < -0.4 is 17.7 Å². The monoisotopic (exact) mass is 782 g/mol. The zero-order valence-corrected chi connectivity index (χ0v) is 39.3. The smallest absolute Gasteiger partial charge is 0.471 e. The van der Waals surface area contributed by atoms with E-state index in [-0.39, 0.29) is 20.2 Å². The van der Waals surface area contributed by atoms with Crippen LogP contribution in [0, 0.1) is 27.7 Å². The Hall–Kier alpha value is -3.31. The summed E-state index contributed by atoms with van der Waals surface area (Å²) < 4.78 is 33.9. The lowest BCUT2D eigenvalue weighted by molar-refractivity contribution is 0.289. The maximum absolute atomic E-state index is 6.91. The maximum Gasteiger partial charge on any atom is 0.471 e. The molecule has 0 N–H and O–H groups in total. The summed E-state index contributed by atoms with van der Waals surface area (Å²) in [5.41, 5.74) is 9.94. The van der Waals surface area contributed by atoms with Gasteiger partial charge < -0.3 is 21.8 Å². The van der Waals surface area contributed by atoms with E-state index in [0.717, 1.165) is 35.8 Å². The van der Waals surface area contributed by atoms with E-state index in [4.69, 9.17) is 21.8 Å². The van der Waals surface area contributed by atoms with Gasteiger partial charge in [0.1, 0.15) is 23.0 Å². The molecule has 0 saturated carbocycles.